The quantitative estimate of drug-likeness (QED) is 0.434. The molecule has 1 aromatic heterocycles. The molecule has 38 heavy (non-hydrogen) atoms. The van der Waals surface area contributed by atoms with E-state index in [0.29, 0.717) is 18.0 Å². The average Bonchev–Trinajstić information content (AvgIpc) is 3.68. The zero-order valence-corrected chi connectivity index (χ0v) is 22.4. The molecule has 2 atom stereocenters. The molecule has 2 aromatic carbocycles. The molecule has 0 spiro atoms. The highest BCUT2D eigenvalue weighted by molar-refractivity contribution is 5.99. The number of hydrogen-bond acceptors (Lipinski definition) is 3. The number of carbonyl (C=O) groups is 2. The van der Waals surface area contributed by atoms with Crippen LogP contribution in [0.5, 0.6) is 0 Å². The van der Waals surface area contributed by atoms with E-state index in [1.807, 2.05) is 48.5 Å². The Kier molecular flexibility index (Phi) is 7.05. The molecular formula is C32H38N4O2. The second-order valence-corrected chi connectivity index (χ2v) is 11.3. The van der Waals surface area contributed by atoms with Crippen molar-refractivity contribution in [1.82, 2.24) is 14.7 Å². The predicted molar refractivity (Wildman–Crippen MR) is 150 cm³/mol. The molecule has 0 N–H and O–H groups in total. The van der Waals surface area contributed by atoms with Crippen LogP contribution >= 0.6 is 0 Å². The van der Waals surface area contributed by atoms with Gasteiger partial charge in [-0.15, -0.1) is 0 Å². The van der Waals surface area contributed by atoms with Crippen molar-refractivity contribution in [3.05, 3.63) is 77.6 Å². The number of hydrogen-bond donors (Lipinski definition) is 0. The molecule has 2 amide bonds. The molecule has 6 nitrogen and oxygen atoms in total. The largest absolute Gasteiger partial charge is 0.335 e. The zero-order chi connectivity index (χ0) is 26.1. The number of amides is 2. The third-order valence-corrected chi connectivity index (χ3v) is 9.08. The van der Waals surface area contributed by atoms with Gasteiger partial charge in [-0.2, -0.15) is 5.10 Å². The molecule has 2 fully saturated rings. The van der Waals surface area contributed by atoms with E-state index in [1.54, 1.807) is 10.9 Å². The van der Waals surface area contributed by atoms with Gasteiger partial charge >= 0.3 is 0 Å². The minimum atomic E-state index is -0.189. The number of aryl methyl sites for hydroxylation is 2. The Morgan fingerprint density at radius 1 is 0.895 bits per heavy atom. The highest BCUT2D eigenvalue weighted by Crippen LogP contribution is 2.39. The van der Waals surface area contributed by atoms with Gasteiger partial charge in [0.25, 0.3) is 5.91 Å². The number of aromatic nitrogens is 2. The number of fused-ring (bicyclic) bond motifs is 1. The van der Waals surface area contributed by atoms with Gasteiger partial charge in [0, 0.05) is 37.7 Å². The molecular weight excluding hydrogens is 472 g/mol. The summed E-state index contributed by atoms with van der Waals surface area (Å²) in [7, 11) is 1.92. The summed E-state index contributed by atoms with van der Waals surface area (Å²) >= 11 is 0. The number of likely N-dealkylation sites (tertiary alicyclic amines) is 1. The Labute approximate surface area is 225 Å². The first kappa shape index (κ1) is 24.9. The van der Waals surface area contributed by atoms with E-state index >= 15 is 0 Å². The van der Waals surface area contributed by atoms with Crippen molar-refractivity contribution in [1.29, 1.82) is 0 Å². The van der Waals surface area contributed by atoms with Crippen LogP contribution < -0.4 is 4.90 Å². The number of nitrogens with zero attached hydrogens (tertiary/aromatic N) is 4. The van der Waals surface area contributed by atoms with Gasteiger partial charge in [-0.3, -0.25) is 9.59 Å². The summed E-state index contributed by atoms with van der Waals surface area (Å²) < 4.78 is 1.76. The molecule has 3 aromatic rings. The summed E-state index contributed by atoms with van der Waals surface area (Å²) in [4.78, 5) is 32.4. The van der Waals surface area contributed by atoms with Crippen molar-refractivity contribution in [3.8, 4) is 5.69 Å². The smallest absolute Gasteiger partial charge is 0.256 e. The molecule has 3 aliphatic rings. The lowest BCUT2D eigenvalue weighted by molar-refractivity contribution is -0.126. The summed E-state index contributed by atoms with van der Waals surface area (Å²) in [6.45, 7) is 0.694. The van der Waals surface area contributed by atoms with Crippen molar-refractivity contribution in [2.75, 3.05) is 18.5 Å². The van der Waals surface area contributed by atoms with Crippen LogP contribution in [0.25, 0.3) is 5.69 Å². The number of benzene rings is 2. The second kappa shape index (κ2) is 10.8. The first-order chi connectivity index (χ1) is 18.6. The Morgan fingerprint density at radius 3 is 2.53 bits per heavy atom. The fourth-order valence-corrected chi connectivity index (χ4v) is 7.15. The Balaban J connectivity index is 1.33. The van der Waals surface area contributed by atoms with Gasteiger partial charge in [0.15, 0.2) is 0 Å². The normalized spacial score (nSPS) is 21.8. The SMILES string of the molecule is CN(C(=O)[C@H]1CCCN(C(=O)c2ccccc2-n2cccn2)[C@H]1C1CCCCC1)c1ccc2c(c1)CCC2. The Bertz CT molecular complexity index is 1290. The number of piperidine rings is 1. The van der Waals surface area contributed by atoms with Crippen molar-refractivity contribution in [2.45, 2.75) is 70.3 Å². The number of rotatable bonds is 5. The maximum Gasteiger partial charge on any atom is 0.256 e. The summed E-state index contributed by atoms with van der Waals surface area (Å²) in [5, 5.41) is 4.39. The number of carbonyl (C=O) groups excluding carboxylic acids is 2. The summed E-state index contributed by atoms with van der Waals surface area (Å²) in [6.07, 6.45) is 14.5. The highest BCUT2D eigenvalue weighted by Gasteiger charge is 2.44. The predicted octanol–water partition coefficient (Wildman–Crippen LogP) is 5.83. The van der Waals surface area contributed by atoms with Crippen molar-refractivity contribution >= 4 is 17.5 Å². The van der Waals surface area contributed by atoms with E-state index in [4.69, 9.17) is 0 Å². The molecule has 198 valence electrons. The summed E-state index contributed by atoms with van der Waals surface area (Å²) in [6, 6.07) is 16.0. The second-order valence-electron chi connectivity index (χ2n) is 11.3. The minimum Gasteiger partial charge on any atom is -0.335 e. The summed E-state index contributed by atoms with van der Waals surface area (Å²) in [5.41, 5.74) is 5.21. The Hall–Kier alpha value is -3.41. The van der Waals surface area contributed by atoms with Crippen molar-refractivity contribution < 1.29 is 9.59 Å². The number of para-hydroxylation sites is 1. The van der Waals surface area contributed by atoms with Gasteiger partial charge in [-0.05, 0) is 92.3 Å². The van der Waals surface area contributed by atoms with Gasteiger partial charge in [0.1, 0.15) is 0 Å². The van der Waals surface area contributed by atoms with Gasteiger partial charge in [-0.1, -0.05) is 37.5 Å². The van der Waals surface area contributed by atoms with Crippen LogP contribution in [0.15, 0.2) is 60.9 Å². The van der Waals surface area contributed by atoms with Gasteiger partial charge < -0.3 is 9.80 Å². The molecule has 2 aliphatic carbocycles. The molecule has 6 heteroatoms. The minimum absolute atomic E-state index is 0.0179. The molecule has 0 unspecified atom stereocenters. The van der Waals surface area contributed by atoms with Gasteiger partial charge in [-0.25, -0.2) is 4.68 Å². The van der Waals surface area contributed by atoms with E-state index in [2.05, 4.69) is 28.2 Å². The van der Waals surface area contributed by atoms with E-state index in [9.17, 15) is 9.59 Å². The Morgan fingerprint density at radius 2 is 1.71 bits per heavy atom. The van der Waals surface area contributed by atoms with Crippen molar-refractivity contribution in [2.24, 2.45) is 11.8 Å². The zero-order valence-electron chi connectivity index (χ0n) is 22.4. The van der Waals surface area contributed by atoms with E-state index in [1.165, 1.54) is 36.8 Å². The maximum absolute atomic E-state index is 14.3. The average molecular weight is 511 g/mol. The standard InChI is InChI=1S/C32H38N4O2/c1-34(26-18-17-23-12-7-13-25(23)22-26)31(37)28-15-8-20-35(30(28)24-10-3-2-4-11-24)32(38)27-14-5-6-16-29(27)36-21-9-19-33-36/h5-6,9,14,16-19,21-22,24,28,30H,2-4,7-8,10-13,15,20H2,1H3/t28-,30-/m0/s1. The molecule has 1 saturated heterocycles. The van der Waals surface area contributed by atoms with E-state index in [0.717, 1.165) is 49.9 Å². The fourth-order valence-electron chi connectivity index (χ4n) is 7.15. The monoisotopic (exact) mass is 510 g/mol. The van der Waals surface area contributed by atoms with Crippen LogP contribution in [0, 0.1) is 11.8 Å². The van der Waals surface area contributed by atoms with Crippen LogP contribution in [0.4, 0.5) is 5.69 Å². The van der Waals surface area contributed by atoms with Crippen LogP contribution in [0.2, 0.25) is 0 Å². The lowest BCUT2D eigenvalue weighted by atomic mass is 9.74. The molecule has 2 heterocycles. The van der Waals surface area contributed by atoms with Gasteiger partial charge in [0.2, 0.25) is 5.91 Å². The first-order valence-electron chi connectivity index (χ1n) is 14.4. The molecule has 0 radical (unpaired) electrons. The summed E-state index contributed by atoms with van der Waals surface area (Å²) in [5.74, 6) is 0.332. The third kappa shape index (κ3) is 4.65. The lowest BCUT2D eigenvalue weighted by Gasteiger charge is -2.46. The fraction of sp³-hybridized carbons (Fsp3) is 0.469. The maximum atomic E-state index is 14.3. The van der Waals surface area contributed by atoms with Crippen LogP contribution in [-0.2, 0) is 17.6 Å². The van der Waals surface area contributed by atoms with E-state index in [-0.39, 0.29) is 23.8 Å². The first-order valence-corrected chi connectivity index (χ1v) is 14.4. The molecule has 6 rings (SSSR count). The number of anilines is 1. The third-order valence-electron chi connectivity index (χ3n) is 9.08. The topological polar surface area (TPSA) is 58.4 Å². The molecule has 0 bridgehead atoms. The molecule has 1 saturated carbocycles. The van der Waals surface area contributed by atoms with Gasteiger partial charge in [0.05, 0.1) is 17.2 Å². The highest BCUT2D eigenvalue weighted by atomic mass is 16.2. The van der Waals surface area contributed by atoms with E-state index < -0.39 is 0 Å². The van der Waals surface area contributed by atoms with Crippen LogP contribution in [0.3, 0.4) is 0 Å². The molecule has 1 aliphatic heterocycles. The van der Waals surface area contributed by atoms with Crippen LogP contribution in [0.1, 0.15) is 72.9 Å². The van der Waals surface area contributed by atoms with Crippen molar-refractivity contribution in [3.63, 3.8) is 0 Å². The van der Waals surface area contributed by atoms with Crippen LogP contribution in [-0.4, -0.2) is 46.1 Å². The lowest BCUT2D eigenvalue weighted by Crippen LogP contribution is -2.56.